The van der Waals surface area contributed by atoms with Crippen molar-refractivity contribution in [2.75, 3.05) is 20.2 Å². The van der Waals surface area contributed by atoms with Crippen LogP contribution in [0.25, 0.3) is 0 Å². The van der Waals surface area contributed by atoms with Gasteiger partial charge in [0.1, 0.15) is 17.4 Å². The summed E-state index contributed by atoms with van der Waals surface area (Å²) in [5.41, 5.74) is -0.881. The first-order valence-electron chi connectivity index (χ1n) is 7.23. The number of halogens is 5. The molecule has 0 bridgehead atoms. The molecular weight excluding hydrogens is 504 g/mol. The Morgan fingerprint density at radius 1 is 1.27 bits per heavy atom. The molecule has 0 fully saturated rings. The van der Waals surface area contributed by atoms with Crippen molar-refractivity contribution in [2.24, 2.45) is 4.99 Å². The number of hydrogen-bond acceptors (Lipinski definition) is 4. The summed E-state index contributed by atoms with van der Waals surface area (Å²) in [6.07, 6.45) is -4.42. The molecule has 0 atom stereocenters. The SMILES string of the molecule is CN=C(NCCOc1ccc(Cl)cc1)NCc1nc(C(F)(F)F)cs1.I. The summed E-state index contributed by atoms with van der Waals surface area (Å²) in [6.45, 7) is 1.00. The van der Waals surface area contributed by atoms with Crippen LogP contribution < -0.4 is 15.4 Å². The lowest BCUT2D eigenvalue weighted by Gasteiger charge is -2.11. The Morgan fingerprint density at radius 2 is 1.96 bits per heavy atom. The van der Waals surface area contributed by atoms with Crippen molar-refractivity contribution >= 4 is 52.9 Å². The second-order valence-corrected chi connectivity index (χ2v) is 6.16. The average molecular weight is 521 g/mol. The lowest BCUT2D eigenvalue weighted by Crippen LogP contribution is -2.38. The minimum absolute atomic E-state index is 0. The van der Waals surface area contributed by atoms with E-state index >= 15 is 0 Å². The fourth-order valence-electron chi connectivity index (χ4n) is 1.77. The van der Waals surface area contributed by atoms with Gasteiger partial charge in [-0.2, -0.15) is 13.2 Å². The molecule has 1 heterocycles. The second kappa shape index (κ2) is 10.8. The first-order valence-corrected chi connectivity index (χ1v) is 8.48. The van der Waals surface area contributed by atoms with Gasteiger partial charge in [0.15, 0.2) is 11.7 Å². The molecule has 0 aliphatic heterocycles. The van der Waals surface area contributed by atoms with Gasteiger partial charge in [-0.15, -0.1) is 35.3 Å². The third kappa shape index (κ3) is 7.54. The van der Waals surface area contributed by atoms with E-state index in [2.05, 4.69) is 20.6 Å². The number of thiazole rings is 1. The number of nitrogens with one attached hydrogen (secondary N) is 2. The molecule has 11 heteroatoms. The van der Waals surface area contributed by atoms with Crippen molar-refractivity contribution in [3.05, 3.63) is 45.4 Å². The quantitative estimate of drug-likeness (QED) is 0.260. The summed E-state index contributed by atoms with van der Waals surface area (Å²) in [5.74, 6) is 1.14. The van der Waals surface area contributed by atoms with Crippen molar-refractivity contribution in [3.8, 4) is 5.75 Å². The fourth-order valence-corrected chi connectivity index (χ4v) is 2.64. The monoisotopic (exact) mass is 520 g/mol. The average Bonchev–Trinajstić information content (AvgIpc) is 3.05. The number of hydrogen-bond donors (Lipinski definition) is 2. The van der Waals surface area contributed by atoms with Gasteiger partial charge in [0.2, 0.25) is 0 Å². The predicted octanol–water partition coefficient (Wildman–Crippen LogP) is 4.18. The number of rotatable bonds is 6. The van der Waals surface area contributed by atoms with Crippen LogP contribution in [0.15, 0.2) is 34.6 Å². The highest BCUT2D eigenvalue weighted by atomic mass is 127. The predicted molar refractivity (Wildman–Crippen MR) is 108 cm³/mol. The number of nitrogens with zero attached hydrogens (tertiary/aromatic N) is 2. The van der Waals surface area contributed by atoms with Crippen LogP contribution in [-0.4, -0.2) is 31.1 Å². The maximum absolute atomic E-state index is 12.5. The zero-order valence-corrected chi connectivity index (χ0v) is 17.5. The van der Waals surface area contributed by atoms with Crippen LogP contribution in [0.2, 0.25) is 5.02 Å². The van der Waals surface area contributed by atoms with E-state index in [1.807, 2.05) is 0 Å². The topological polar surface area (TPSA) is 58.5 Å². The lowest BCUT2D eigenvalue weighted by atomic mass is 10.3. The molecule has 5 nitrogen and oxygen atoms in total. The zero-order chi connectivity index (χ0) is 18.3. The van der Waals surface area contributed by atoms with E-state index in [9.17, 15) is 13.2 Å². The van der Waals surface area contributed by atoms with Gasteiger partial charge >= 0.3 is 6.18 Å². The molecule has 2 rings (SSSR count). The number of aliphatic imine (C=N–C) groups is 1. The third-order valence-electron chi connectivity index (χ3n) is 2.95. The van der Waals surface area contributed by atoms with Gasteiger partial charge in [-0.05, 0) is 24.3 Å². The second-order valence-electron chi connectivity index (χ2n) is 4.78. The van der Waals surface area contributed by atoms with Crippen molar-refractivity contribution in [3.63, 3.8) is 0 Å². The van der Waals surface area contributed by atoms with Gasteiger partial charge in [-0.1, -0.05) is 11.6 Å². The Kier molecular flexibility index (Phi) is 9.44. The summed E-state index contributed by atoms with van der Waals surface area (Å²) >= 11 is 6.73. The first-order chi connectivity index (χ1) is 11.9. The van der Waals surface area contributed by atoms with E-state index in [1.54, 1.807) is 31.3 Å². The van der Waals surface area contributed by atoms with E-state index in [0.29, 0.717) is 34.9 Å². The van der Waals surface area contributed by atoms with Crippen molar-refractivity contribution in [1.29, 1.82) is 0 Å². The van der Waals surface area contributed by atoms with Crippen LogP contribution in [0.4, 0.5) is 13.2 Å². The fraction of sp³-hybridized carbons (Fsp3) is 0.333. The number of ether oxygens (including phenoxy) is 1. The lowest BCUT2D eigenvalue weighted by molar-refractivity contribution is -0.140. The van der Waals surface area contributed by atoms with Gasteiger partial charge in [-0.25, -0.2) is 4.98 Å². The number of alkyl halides is 3. The maximum atomic E-state index is 12.5. The normalized spacial score (nSPS) is 11.7. The molecule has 0 saturated carbocycles. The molecule has 2 aromatic rings. The van der Waals surface area contributed by atoms with Crippen LogP contribution in [0.3, 0.4) is 0 Å². The summed E-state index contributed by atoms with van der Waals surface area (Å²) < 4.78 is 43.0. The van der Waals surface area contributed by atoms with E-state index < -0.39 is 11.9 Å². The van der Waals surface area contributed by atoms with Crippen molar-refractivity contribution in [1.82, 2.24) is 15.6 Å². The van der Waals surface area contributed by atoms with E-state index in [4.69, 9.17) is 16.3 Å². The summed E-state index contributed by atoms with van der Waals surface area (Å²) in [4.78, 5) is 7.53. The van der Waals surface area contributed by atoms with Gasteiger partial charge in [0.25, 0.3) is 0 Å². The third-order valence-corrected chi connectivity index (χ3v) is 4.05. The standard InChI is InChI=1S/C15H16ClF3N4OS.HI/c1-20-14(21-6-7-24-11-4-2-10(16)3-5-11)22-8-13-23-12(9-25-13)15(17,18)19;/h2-5,9H,6-8H2,1H3,(H2,20,21,22);1H. The molecule has 0 aliphatic rings. The van der Waals surface area contributed by atoms with E-state index in [-0.39, 0.29) is 30.5 Å². The Labute approximate surface area is 175 Å². The Morgan fingerprint density at radius 3 is 2.54 bits per heavy atom. The Bertz CT molecular complexity index is 710. The molecule has 0 radical (unpaired) electrons. The number of aromatic nitrogens is 1. The molecule has 1 aromatic carbocycles. The molecule has 0 unspecified atom stereocenters. The molecule has 144 valence electrons. The van der Waals surface area contributed by atoms with Crippen molar-refractivity contribution in [2.45, 2.75) is 12.7 Å². The maximum Gasteiger partial charge on any atom is 0.434 e. The Hall–Kier alpha value is -1.27. The van der Waals surface area contributed by atoms with E-state index in [1.165, 1.54) is 0 Å². The highest BCUT2D eigenvalue weighted by molar-refractivity contribution is 14.0. The molecule has 26 heavy (non-hydrogen) atoms. The first kappa shape index (κ1) is 22.8. The van der Waals surface area contributed by atoms with Gasteiger partial charge in [0, 0.05) is 17.5 Å². The Balaban J connectivity index is 0.00000338. The van der Waals surface area contributed by atoms with Crippen LogP contribution >= 0.6 is 46.9 Å². The van der Waals surface area contributed by atoms with Gasteiger partial charge in [-0.3, -0.25) is 4.99 Å². The van der Waals surface area contributed by atoms with E-state index in [0.717, 1.165) is 16.7 Å². The van der Waals surface area contributed by atoms with Gasteiger partial charge in [0.05, 0.1) is 13.1 Å². The molecule has 1 aromatic heterocycles. The largest absolute Gasteiger partial charge is 0.492 e. The van der Waals surface area contributed by atoms with Crippen LogP contribution in [0.1, 0.15) is 10.7 Å². The zero-order valence-electron chi connectivity index (χ0n) is 13.6. The molecule has 0 amide bonds. The summed E-state index contributed by atoms with van der Waals surface area (Å²) in [7, 11) is 1.57. The minimum atomic E-state index is -4.42. The summed E-state index contributed by atoms with van der Waals surface area (Å²) in [6, 6.07) is 6.98. The minimum Gasteiger partial charge on any atom is -0.492 e. The molecular formula is C15H17ClF3IN4OS. The molecule has 0 spiro atoms. The van der Waals surface area contributed by atoms with Gasteiger partial charge < -0.3 is 15.4 Å². The smallest absolute Gasteiger partial charge is 0.434 e. The molecule has 2 N–H and O–H groups in total. The molecule has 0 saturated heterocycles. The highest BCUT2D eigenvalue weighted by Crippen LogP contribution is 2.29. The highest BCUT2D eigenvalue weighted by Gasteiger charge is 2.33. The van der Waals surface area contributed by atoms with Crippen LogP contribution in [-0.2, 0) is 12.7 Å². The molecule has 0 aliphatic carbocycles. The van der Waals surface area contributed by atoms with Crippen molar-refractivity contribution < 1.29 is 17.9 Å². The van der Waals surface area contributed by atoms with Crippen LogP contribution in [0, 0.1) is 0 Å². The summed E-state index contributed by atoms with van der Waals surface area (Å²) in [5, 5.41) is 7.85. The number of benzene rings is 1. The number of guanidine groups is 1. The van der Waals surface area contributed by atoms with Crippen LogP contribution in [0.5, 0.6) is 5.75 Å².